The number of hydrogen-bond donors (Lipinski definition) is 0. The van der Waals surface area contributed by atoms with Crippen LogP contribution in [0.15, 0.2) is 24.3 Å². The lowest BCUT2D eigenvalue weighted by Gasteiger charge is -2.24. The lowest BCUT2D eigenvalue weighted by atomic mass is 10.1. The number of carbonyl (C=O) groups is 1. The van der Waals surface area contributed by atoms with Crippen LogP contribution < -0.4 is 0 Å². The van der Waals surface area contributed by atoms with Gasteiger partial charge in [0, 0.05) is 13.6 Å². The fraction of sp³-hybridized carbons (Fsp3) is 0.333. The molecule has 3 nitrogen and oxygen atoms in total. The largest absolute Gasteiger partial charge is 0.463 e. The summed E-state index contributed by atoms with van der Waals surface area (Å²) in [5.74, 6) is -7.75. The zero-order chi connectivity index (χ0) is 15.6. The van der Waals surface area contributed by atoms with E-state index in [1.165, 1.54) is 24.3 Å². The van der Waals surface area contributed by atoms with Crippen LogP contribution in [-0.2, 0) is 11.3 Å². The van der Waals surface area contributed by atoms with Crippen molar-refractivity contribution in [3.8, 4) is 6.07 Å². The number of rotatable bonds is 3. The molecule has 20 heavy (non-hydrogen) atoms. The van der Waals surface area contributed by atoms with Gasteiger partial charge in [0.05, 0.1) is 11.6 Å². The van der Waals surface area contributed by atoms with Gasteiger partial charge in [0.1, 0.15) is 0 Å². The molecule has 0 fully saturated rings. The number of nitriles is 1. The van der Waals surface area contributed by atoms with Crippen LogP contribution in [-0.4, -0.2) is 30.0 Å². The van der Waals surface area contributed by atoms with E-state index in [1.54, 1.807) is 0 Å². The van der Waals surface area contributed by atoms with E-state index in [4.69, 9.17) is 5.26 Å². The van der Waals surface area contributed by atoms with Gasteiger partial charge in [0.25, 0.3) is 0 Å². The van der Waals surface area contributed by atoms with Crippen molar-refractivity contribution in [3.05, 3.63) is 35.4 Å². The second-order valence-corrected chi connectivity index (χ2v) is 4.04. The van der Waals surface area contributed by atoms with E-state index >= 15 is 0 Å². The van der Waals surface area contributed by atoms with E-state index in [9.17, 15) is 26.7 Å². The molecule has 0 saturated heterocycles. The van der Waals surface area contributed by atoms with Crippen LogP contribution in [0.2, 0.25) is 0 Å². The molecule has 0 unspecified atom stereocenters. The van der Waals surface area contributed by atoms with Crippen molar-refractivity contribution >= 4 is 5.91 Å². The highest BCUT2D eigenvalue weighted by Crippen LogP contribution is 2.36. The van der Waals surface area contributed by atoms with Gasteiger partial charge in [-0.2, -0.15) is 27.2 Å². The zero-order valence-electron chi connectivity index (χ0n) is 10.2. The van der Waals surface area contributed by atoms with Crippen LogP contribution >= 0.6 is 0 Å². The minimum absolute atomic E-state index is 0.287. The first-order valence-corrected chi connectivity index (χ1v) is 5.28. The lowest BCUT2D eigenvalue weighted by molar-refractivity contribution is -0.274. The molecular formula is C12H9F5N2O. The number of alkyl halides is 5. The Morgan fingerprint density at radius 1 is 1.20 bits per heavy atom. The van der Waals surface area contributed by atoms with E-state index in [0.717, 1.165) is 7.05 Å². The molecule has 108 valence electrons. The number of halogens is 5. The molecule has 0 aliphatic carbocycles. The predicted molar refractivity (Wildman–Crippen MR) is 58.6 cm³/mol. The second-order valence-electron chi connectivity index (χ2n) is 4.04. The minimum Gasteiger partial charge on any atom is -0.336 e. The summed E-state index contributed by atoms with van der Waals surface area (Å²) in [7, 11) is 0.847. The fourth-order valence-electron chi connectivity index (χ4n) is 1.39. The third-order valence-electron chi connectivity index (χ3n) is 2.47. The summed E-state index contributed by atoms with van der Waals surface area (Å²) in [6, 6.07) is 7.30. The van der Waals surface area contributed by atoms with Crippen LogP contribution in [0.4, 0.5) is 22.0 Å². The summed E-state index contributed by atoms with van der Waals surface area (Å²) in [6.07, 6.45) is -5.93. The van der Waals surface area contributed by atoms with Gasteiger partial charge in [-0.25, -0.2) is 0 Å². The number of carbonyl (C=O) groups excluding carboxylic acids is 1. The van der Waals surface area contributed by atoms with Crippen molar-refractivity contribution < 1.29 is 26.7 Å². The summed E-state index contributed by atoms with van der Waals surface area (Å²) >= 11 is 0. The van der Waals surface area contributed by atoms with Gasteiger partial charge in [-0.3, -0.25) is 4.79 Å². The van der Waals surface area contributed by atoms with Gasteiger partial charge in [-0.05, 0) is 17.7 Å². The molecule has 0 radical (unpaired) electrons. The molecule has 0 spiro atoms. The maximum atomic E-state index is 12.8. The Kier molecular flexibility index (Phi) is 4.33. The second kappa shape index (κ2) is 5.45. The number of amides is 1. The van der Waals surface area contributed by atoms with Gasteiger partial charge in [0.15, 0.2) is 0 Å². The van der Waals surface area contributed by atoms with Crippen LogP contribution in [0, 0.1) is 11.3 Å². The standard InChI is InChI=1S/C12H9F5N2O/c1-19(10(20)11(13,14)12(15,16)17)7-9-4-2-8(6-18)3-5-9/h2-5H,7H2,1H3. The monoisotopic (exact) mass is 292 g/mol. The Morgan fingerprint density at radius 2 is 1.70 bits per heavy atom. The molecule has 1 amide bonds. The number of nitrogens with zero attached hydrogens (tertiary/aromatic N) is 2. The summed E-state index contributed by atoms with van der Waals surface area (Å²) in [6.45, 7) is -0.420. The van der Waals surface area contributed by atoms with Gasteiger partial charge in [-0.1, -0.05) is 12.1 Å². The van der Waals surface area contributed by atoms with Gasteiger partial charge in [0.2, 0.25) is 0 Å². The molecule has 1 aromatic rings. The highest BCUT2D eigenvalue weighted by atomic mass is 19.4. The molecule has 1 rings (SSSR count). The molecule has 0 aliphatic heterocycles. The summed E-state index contributed by atoms with van der Waals surface area (Å²) in [5.41, 5.74) is 0.640. The molecule has 0 atom stereocenters. The Bertz CT molecular complexity index is 530. The SMILES string of the molecule is CN(Cc1ccc(C#N)cc1)C(=O)C(F)(F)C(F)(F)F. The van der Waals surface area contributed by atoms with Gasteiger partial charge in [-0.15, -0.1) is 0 Å². The lowest BCUT2D eigenvalue weighted by Crippen LogP contribution is -2.50. The van der Waals surface area contributed by atoms with Crippen LogP contribution in [0.1, 0.15) is 11.1 Å². The molecule has 8 heteroatoms. The Morgan fingerprint density at radius 3 is 2.10 bits per heavy atom. The maximum absolute atomic E-state index is 12.8. The molecule has 0 N–H and O–H groups in total. The summed E-state index contributed by atoms with van der Waals surface area (Å²) in [4.78, 5) is 11.4. The smallest absolute Gasteiger partial charge is 0.336 e. The average Bonchev–Trinajstić information content (AvgIpc) is 2.37. The summed E-state index contributed by atoms with van der Waals surface area (Å²) < 4.78 is 61.8. The highest BCUT2D eigenvalue weighted by Gasteiger charge is 2.64. The van der Waals surface area contributed by atoms with Crippen molar-refractivity contribution in [3.63, 3.8) is 0 Å². The molecule has 0 aromatic heterocycles. The molecule has 0 bridgehead atoms. The van der Waals surface area contributed by atoms with E-state index in [0.29, 0.717) is 11.1 Å². The van der Waals surface area contributed by atoms with Crippen LogP contribution in [0.25, 0.3) is 0 Å². The molecule has 0 heterocycles. The first-order valence-electron chi connectivity index (χ1n) is 5.28. The molecule has 0 saturated carbocycles. The van der Waals surface area contributed by atoms with E-state index in [1.807, 2.05) is 6.07 Å². The quantitative estimate of drug-likeness (QED) is 0.804. The van der Waals surface area contributed by atoms with Gasteiger partial charge >= 0.3 is 18.0 Å². The maximum Gasteiger partial charge on any atom is 0.463 e. The van der Waals surface area contributed by atoms with Crippen molar-refractivity contribution in [1.29, 1.82) is 5.26 Å². The normalized spacial score (nSPS) is 11.8. The molecule has 0 aliphatic rings. The highest BCUT2D eigenvalue weighted by molar-refractivity contribution is 5.84. The van der Waals surface area contributed by atoms with E-state index < -0.39 is 24.6 Å². The third kappa shape index (κ3) is 3.23. The van der Waals surface area contributed by atoms with Crippen molar-refractivity contribution in [2.45, 2.75) is 18.6 Å². The van der Waals surface area contributed by atoms with E-state index in [-0.39, 0.29) is 4.90 Å². The Balaban J connectivity index is 2.83. The fourth-order valence-corrected chi connectivity index (χ4v) is 1.39. The van der Waals surface area contributed by atoms with Crippen molar-refractivity contribution in [2.75, 3.05) is 7.05 Å². The zero-order valence-corrected chi connectivity index (χ0v) is 10.2. The van der Waals surface area contributed by atoms with Crippen LogP contribution in [0.5, 0.6) is 0 Å². The Hall–Kier alpha value is -2.17. The van der Waals surface area contributed by atoms with Gasteiger partial charge < -0.3 is 4.90 Å². The first-order chi connectivity index (χ1) is 9.09. The van der Waals surface area contributed by atoms with Crippen LogP contribution in [0.3, 0.4) is 0 Å². The predicted octanol–water partition coefficient (Wildman–Crippen LogP) is 2.71. The van der Waals surface area contributed by atoms with Crippen molar-refractivity contribution in [2.24, 2.45) is 0 Å². The topological polar surface area (TPSA) is 44.1 Å². The first kappa shape index (κ1) is 15.9. The number of hydrogen-bond acceptors (Lipinski definition) is 2. The van der Waals surface area contributed by atoms with E-state index in [2.05, 4.69) is 0 Å². The number of benzene rings is 1. The average molecular weight is 292 g/mol. The third-order valence-corrected chi connectivity index (χ3v) is 2.47. The molecular weight excluding hydrogens is 283 g/mol. The summed E-state index contributed by atoms with van der Waals surface area (Å²) in [5, 5.41) is 8.56. The Labute approximate surface area is 111 Å². The molecule has 1 aromatic carbocycles. The minimum atomic E-state index is -5.93. The van der Waals surface area contributed by atoms with Crippen molar-refractivity contribution in [1.82, 2.24) is 4.90 Å².